The number of aromatic nitrogens is 3. The predicted molar refractivity (Wildman–Crippen MR) is 113 cm³/mol. The molecule has 2 heterocycles. The zero-order chi connectivity index (χ0) is 20.1. The van der Waals surface area contributed by atoms with Gasteiger partial charge in [-0.3, -0.25) is 4.79 Å². The number of nitrogens with one attached hydrogen (secondary N) is 3. The first-order valence-corrected chi connectivity index (χ1v) is 10.2. The summed E-state index contributed by atoms with van der Waals surface area (Å²) in [6, 6.07) is 11.8. The average molecular weight is 393 g/mol. The van der Waals surface area contributed by atoms with E-state index in [9.17, 15) is 4.79 Å². The van der Waals surface area contributed by atoms with Gasteiger partial charge in [0, 0.05) is 37.4 Å². The van der Waals surface area contributed by atoms with Crippen molar-refractivity contribution in [2.24, 2.45) is 0 Å². The van der Waals surface area contributed by atoms with Crippen LogP contribution in [-0.4, -0.2) is 47.2 Å². The molecule has 2 aromatic heterocycles. The lowest BCUT2D eigenvalue weighted by Crippen LogP contribution is -2.38. The number of hydrogen-bond acceptors (Lipinski definition) is 5. The number of amides is 1. The molecule has 1 aromatic carbocycles. The summed E-state index contributed by atoms with van der Waals surface area (Å²) in [5.74, 6) is 1.99. The van der Waals surface area contributed by atoms with Gasteiger partial charge in [-0.2, -0.15) is 0 Å². The Bertz CT molecular complexity index is 938. The fourth-order valence-electron chi connectivity index (χ4n) is 3.95. The Morgan fingerprint density at radius 2 is 2.17 bits per heavy atom. The number of H-pyrrole nitrogens is 1. The van der Waals surface area contributed by atoms with Crippen LogP contribution in [0.15, 0.2) is 42.6 Å². The van der Waals surface area contributed by atoms with Crippen molar-refractivity contribution in [3.05, 3.63) is 54.0 Å². The van der Waals surface area contributed by atoms with Gasteiger partial charge < -0.3 is 20.4 Å². The minimum Gasteiger partial charge on any atom is -0.383 e. The fraction of sp³-hybridized carbons (Fsp3) is 0.409. The molecular formula is C22H27N5O2. The molecule has 7 nitrogen and oxygen atoms in total. The van der Waals surface area contributed by atoms with Gasteiger partial charge >= 0.3 is 0 Å². The summed E-state index contributed by atoms with van der Waals surface area (Å²) in [4.78, 5) is 25.2. The molecule has 1 saturated carbocycles. The van der Waals surface area contributed by atoms with Crippen LogP contribution in [-0.2, 0) is 4.74 Å². The summed E-state index contributed by atoms with van der Waals surface area (Å²) >= 11 is 0. The Hall–Kier alpha value is -2.93. The maximum Gasteiger partial charge on any atom is 0.251 e. The maximum atomic E-state index is 12.8. The van der Waals surface area contributed by atoms with E-state index in [1.165, 1.54) is 0 Å². The molecule has 1 aliphatic rings. The Labute approximate surface area is 170 Å². The number of carbonyl (C=O) groups is 1. The van der Waals surface area contributed by atoms with Crippen LogP contribution in [0.1, 0.15) is 47.8 Å². The van der Waals surface area contributed by atoms with Crippen LogP contribution < -0.4 is 10.6 Å². The van der Waals surface area contributed by atoms with E-state index in [1.807, 2.05) is 18.2 Å². The first-order valence-electron chi connectivity index (χ1n) is 10.2. The van der Waals surface area contributed by atoms with Crippen molar-refractivity contribution in [3.8, 4) is 0 Å². The second-order valence-electron chi connectivity index (χ2n) is 7.52. The van der Waals surface area contributed by atoms with Crippen LogP contribution in [0.4, 0.5) is 5.82 Å². The van der Waals surface area contributed by atoms with Crippen LogP contribution in [0, 0.1) is 0 Å². The summed E-state index contributed by atoms with van der Waals surface area (Å²) in [6.45, 7) is 1.24. The zero-order valence-electron chi connectivity index (χ0n) is 16.6. The van der Waals surface area contributed by atoms with Gasteiger partial charge in [0.15, 0.2) is 0 Å². The van der Waals surface area contributed by atoms with Gasteiger partial charge in [-0.25, -0.2) is 9.97 Å². The lowest BCUT2D eigenvalue weighted by Gasteiger charge is -2.28. The van der Waals surface area contributed by atoms with Crippen LogP contribution in [0.2, 0.25) is 0 Å². The molecule has 152 valence electrons. The number of rotatable bonds is 7. The number of carbonyl (C=O) groups excluding carboxylic acids is 1. The van der Waals surface area contributed by atoms with Crippen molar-refractivity contribution in [3.63, 3.8) is 0 Å². The molecule has 0 aliphatic heterocycles. The number of aromatic amines is 1. The van der Waals surface area contributed by atoms with Crippen molar-refractivity contribution in [1.82, 2.24) is 20.3 Å². The quantitative estimate of drug-likeness (QED) is 0.535. The van der Waals surface area contributed by atoms with E-state index in [4.69, 9.17) is 9.72 Å². The highest BCUT2D eigenvalue weighted by Gasteiger charge is 2.26. The molecule has 0 saturated heterocycles. The number of methoxy groups -OCH3 is 1. The summed E-state index contributed by atoms with van der Waals surface area (Å²) in [5, 5.41) is 6.36. The summed E-state index contributed by atoms with van der Waals surface area (Å²) in [5.41, 5.74) is 2.68. The van der Waals surface area contributed by atoms with Gasteiger partial charge in [0.1, 0.15) is 11.6 Å². The van der Waals surface area contributed by atoms with Gasteiger partial charge in [0.25, 0.3) is 5.91 Å². The fourth-order valence-corrected chi connectivity index (χ4v) is 3.95. The molecule has 3 aromatic rings. The molecule has 0 bridgehead atoms. The lowest BCUT2D eigenvalue weighted by atomic mass is 9.85. The highest BCUT2D eigenvalue weighted by Crippen LogP contribution is 2.32. The number of pyridine rings is 1. The lowest BCUT2D eigenvalue weighted by molar-refractivity contribution is 0.0924. The number of benzene rings is 1. The van der Waals surface area contributed by atoms with Crippen LogP contribution in [0.25, 0.3) is 11.0 Å². The first-order chi connectivity index (χ1) is 14.2. The highest BCUT2D eigenvalue weighted by molar-refractivity contribution is 5.95. The van der Waals surface area contributed by atoms with Crippen LogP contribution in [0.3, 0.4) is 0 Å². The summed E-state index contributed by atoms with van der Waals surface area (Å²) in [6.07, 6.45) is 5.71. The third-order valence-corrected chi connectivity index (χ3v) is 5.44. The Morgan fingerprint density at radius 3 is 3.03 bits per heavy atom. The molecule has 1 amide bonds. The van der Waals surface area contributed by atoms with Gasteiger partial charge in [-0.05, 0) is 43.5 Å². The molecule has 29 heavy (non-hydrogen) atoms. The summed E-state index contributed by atoms with van der Waals surface area (Å²) < 4.78 is 5.03. The zero-order valence-corrected chi connectivity index (χ0v) is 16.6. The molecular weight excluding hydrogens is 366 g/mol. The van der Waals surface area contributed by atoms with E-state index >= 15 is 0 Å². The number of fused-ring (bicyclic) bond motifs is 1. The largest absolute Gasteiger partial charge is 0.383 e. The van der Waals surface area contributed by atoms with E-state index in [-0.39, 0.29) is 11.9 Å². The molecule has 1 fully saturated rings. The molecule has 3 N–H and O–H groups in total. The third-order valence-electron chi connectivity index (χ3n) is 5.44. The first kappa shape index (κ1) is 19.4. The maximum absolute atomic E-state index is 12.8. The third kappa shape index (κ3) is 4.74. The van der Waals surface area contributed by atoms with Crippen molar-refractivity contribution in [2.75, 3.05) is 25.6 Å². The second-order valence-corrected chi connectivity index (χ2v) is 7.52. The van der Waals surface area contributed by atoms with Gasteiger partial charge in [-0.1, -0.05) is 18.6 Å². The molecule has 2 atom stereocenters. The van der Waals surface area contributed by atoms with Gasteiger partial charge in [0.05, 0.1) is 17.6 Å². The Morgan fingerprint density at radius 1 is 1.28 bits per heavy atom. The van der Waals surface area contributed by atoms with Gasteiger partial charge in [-0.15, -0.1) is 0 Å². The topological polar surface area (TPSA) is 91.9 Å². The van der Waals surface area contributed by atoms with Gasteiger partial charge in [0.2, 0.25) is 0 Å². The SMILES string of the molecule is COCCNc1cc(C(=O)NC2CCCC(c3nc4ccccc4[nH]3)C2)ccn1. The number of para-hydroxylation sites is 2. The molecule has 1 aliphatic carbocycles. The number of imidazole rings is 1. The monoisotopic (exact) mass is 393 g/mol. The number of anilines is 1. The number of hydrogen-bond donors (Lipinski definition) is 3. The van der Waals surface area contributed by atoms with E-state index < -0.39 is 0 Å². The van der Waals surface area contributed by atoms with E-state index in [0.717, 1.165) is 42.5 Å². The molecule has 0 radical (unpaired) electrons. The van der Waals surface area contributed by atoms with E-state index in [0.29, 0.717) is 30.5 Å². The minimum atomic E-state index is -0.0579. The smallest absolute Gasteiger partial charge is 0.251 e. The Kier molecular flexibility index (Phi) is 6.05. The van der Waals surface area contributed by atoms with Crippen LogP contribution >= 0.6 is 0 Å². The van der Waals surface area contributed by atoms with Crippen molar-refractivity contribution < 1.29 is 9.53 Å². The van der Waals surface area contributed by atoms with E-state index in [1.54, 1.807) is 25.4 Å². The van der Waals surface area contributed by atoms with E-state index in [2.05, 4.69) is 26.7 Å². The molecule has 4 rings (SSSR count). The molecule has 7 heteroatoms. The van der Waals surface area contributed by atoms with Crippen molar-refractivity contribution >= 4 is 22.8 Å². The number of nitrogens with zero attached hydrogens (tertiary/aromatic N) is 2. The van der Waals surface area contributed by atoms with Crippen LogP contribution in [0.5, 0.6) is 0 Å². The van der Waals surface area contributed by atoms with Crippen molar-refractivity contribution in [2.45, 2.75) is 37.6 Å². The summed E-state index contributed by atoms with van der Waals surface area (Å²) in [7, 11) is 1.65. The normalized spacial score (nSPS) is 19.2. The number of ether oxygens (including phenoxy) is 1. The minimum absolute atomic E-state index is 0.0579. The Balaban J connectivity index is 1.39. The standard InChI is InChI=1S/C22H27N5O2/c1-29-12-11-24-20-14-16(9-10-23-20)22(28)25-17-6-4-5-15(13-17)21-26-18-7-2-3-8-19(18)27-21/h2-3,7-10,14-15,17H,4-6,11-13H2,1H3,(H,23,24)(H,25,28)(H,26,27). The average Bonchev–Trinajstić information content (AvgIpc) is 3.19. The second kappa shape index (κ2) is 9.05. The predicted octanol–water partition coefficient (Wildman–Crippen LogP) is 3.47. The molecule has 2 unspecified atom stereocenters. The van der Waals surface area contributed by atoms with Crippen molar-refractivity contribution in [1.29, 1.82) is 0 Å². The molecule has 0 spiro atoms. The highest BCUT2D eigenvalue weighted by atomic mass is 16.5.